The summed E-state index contributed by atoms with van der Waals surface area (Å²) in [6.45, 7) is 5.45. The van der Waals surface area contributed by atoms with Crippen LogP contribution in [0.15, 0.2) is 48.8 Å². The second kappa shape index (κ2) is 7.05. The van der Waals surface area contributed by atoms with Crippen LogP contribution in [0.3, 0.4) is 0 Å². The minimum atomic E-state index is -4.46. The summed E-state index contributed by atoms with van der Waals surface area (Å²) in [5, 5.41) is 3.71. The van der Waals surface area contributed by atoms with Gasteiger partial charge in [-0.3, -0.25) is 14.8 Å². The highest BCUT2D eigenvalue weighted by Crippen LogP contribution is 2.46. The van der Waals surface area contributed by atoms with Crippen LogP contribution in [0, 0.1) is 0 Å². The van der Waals surface area contributed by atoms with E-state index in [4.69, 9.17) is 4.74 Å². The fraction of sp³-hybridized carbons (Fsp3) is 0.318. The van der Waals surface area contributed by atoms with Crippen molar-refractivity contribution in [2.45, 2.75) is 44.7 Å². The van der Waals surface area contributed by atoms with Gasteiger partial charge in [-0.05, 0) is 39.0 Å². The SMILES string of the molecule is C[C@H](NC(=O)C1OC(C)(C)c2c1cnc1ccccc21)c1ccc(C(F)(F)F)cn1. The molecule has 0 saturated carbocycles. The number of fused-ring (bicyclic) bond motifs is 3. The van der Waals surface area contributed by atoms with E-state index in [1.54, 1.807) is 13.1 Å². The third-order valence-electron chi connectivity index (χ3n) is 5.26. The molecule has 1 aliphatic rings. The first kappa shape index (κ1) is 20.3. The second-order valence-corrected chi connectivity index (χ2v) is 7.81. The van der Waals surface area contributed by atoms with Gasteiger partial charge in [0.15, 0.2) is 6.10 Å². The van der Waals surface area contributed by atoms with Crippen molar-refractivity contribution in [1.82, 2.24) is 15.3 Å². The molecule has 0 bridgehead atoms. The minimum Gasteiger partial charge on any atom is -0.353 e. The molecule has 1 N–H and O–H groups in total. The molecule has 0 radical (unpaired) electrons. The van der Waals surface area contributed by atoms with Gasteiger partial charge in [0.1, 0.15) is 0 Å². The van der Waals surface area contributed by atoms with Crippen LogP contribution >= 0.6 is 0 Å². The highest BCUT2D eigenvalue weighted by atomic mass is 19.4. The smallest absolute Gasteiger partial charge is 0.353 e. The van der Waals surface area contributed by atoms with Crippen molar-refractivity contribution in [1.29, 1.82) is 0 Å². The van der Waals surface area contributed by atoms with Gasteiger partial charge in [0, 0.05) is 28.9 Å². The van der Waals surface area contributed by atoms with E-state index in [2.05, 4.69) is 15.3 Å². The maximum atomic E-state index is 13.0. The third kappa shape index (κ3) is 3.52. The number of amides is 1. The Bertz CT molecular complexity index is 1110. The molecule has 2 aromatic heterocycles. The Labute approximate surface area is 171 Å². The topological polar surface area (TPSA) is 64.1 Å². The fourth-order valence-corrected chi connectivity index (χ4v) is 3.83. The van der Waals surface area contributed by atoms with Crippen LogP contribution in [-0.4, -0.2) is 15.9 Å². The molecule has 3 heterocycles. The number of halogens is 3. The van der Waals surface area contributed by atoms with E-state index < -0.39 is 35.4 Å². The number of para-hydroxylation sites is 1. The van der Waals surface area contributed by atoms with E-state index in [0.717, 1.165) is 28.7 Å². The number of carbonyl (C=O) groups excluding carboxylic acids is 1. The number of nitrogens with one attached hydrogen (secondary N) is 1. The first-order chi connectivity index (χ1) is 14.1. The molecule has 0 saturated heterocycles. The quantitative estimate of drug-likeness (QED) is 0.665. The molecular weight excluding hydrogens is 395 g/mol. The zero-order valence-corrected chi connectivity index (χ0v) is 16.6. The molecule has 0 fully saturated rings. The van der Waals surface area contributed by atoms with Gasteiger partial charge >= 0.3 is 6.18 Å². The van der Waals surface area contributed by atoms with Crippen molar-refractivity contribution in [2.75, 3.05) is 0 Å². The minimum absolute atomic E-state index is 0.325. The van der Waals surface area contributed by atoms with Gasteiger partial charge in [-0.25, -0.2) is 0 Å². The predicted octanol–water partition coefficient (Wildman–Crippen LogP) is 4.83. The summed E-state index contributed by atoms with van der Waals surface area (Å²) in [6, 6.07) is 9.27. The summed E-state index contributed by atoms with van der Waals surface area (Å²) in [6.07, 6.45) is -2.92. The fourth-order valence-electron chi connectivity index (χ4n) is 3.83. The standard InChI is InChI=1S/C22H20F3N3O2/c1-12(16-9-8-13(10-26-16)22(23,24)25)28-20(29)19-15-11-27-17-7-5-4-6-14(17)18(15)21(2,3)30-19/h4-12,19H,1-3H3,(H,28,29)/t12-,19?/m0/s1. The number of ether oxygens (including phenoxy) is 1. The van der Waals surface area contributed by atoms with Gasteiger partial charge < -0.3 is 10.1 Å². The largest absolute Gasteiger partial charge is 0.417 e. The van der Waals surface area contributed by atoms with Crippen molar-refractivity contribution in [3.05, 3.63) is 71.2 Å². The highest BCUT2D eigenvalue weighted by molar-refractivity contribution is 5.89. The monoisotopic (exact) mass is 415 g/mol. The number of aromatic nitrogens is 2. The molecule has 1 amide bonds. The number of pyridine rings is 2. The first-order valence-corrected chi connectivity index (χ1v) is 9.47. The maximum Gasteiger partial charge on any atom is 0.417 e. The van der Waals surface area contributed by atoms with E-state index in [9.17, 15) is 18.0 Å². The normalized spacial score (nSPS) is 18.8. The molecule has 8 heteroatoms. The average molecular weight is 415 g/mol. The third-order valence-corrected chi connectivity index (χ3v) is 5.26. The summed E-state index contributed by atoms with van der Waals surface area (Å²) in [5.74, 6) is -0.395. The zero-order chi connectivity index (χ0) is 21.7. The van der Waals surface area contributed by atoms with Gasteiger partial charge in [-0.15, -0.1) is 0 Å². The highest BCUT2D eigenvalue weighted by Gasteiger charge is 2.43. The summed E-state index contributed by atoms with van der Waals surface area (Å²) < 4.78 is 44.3. The predicted molar refractivity (Wildman–Crippen MR) is 104 cm³/mol. The van der Waals surface area contributed by atoms with Crippen LogP contribution in [-0.2, 0) is 21.3 Å². The van der Waals surface area contributed by atoms with Crippen LogP contribution in [0.1, 0.15) is 55.3 Å². The first-order valence-electron chi connectivity index (χ1n) is 9.47. The van der Waals surface area contributed by atoms with Crippen LogP contribution in [0.2, 0.25) is 0 Å². The summed E-state index contributed by atoms with van der Waals surface area (Å²) in [4.78, 5) is 21.3. The molecule has 30 heavy (non-hydrogen) atoms. The van der Waals surface area contributed by atoms with Crippen LogP contribution < -0.4 is 5.32 Å². The Balaban J connectivity index is 1.59. The number of benzene rings is 1. The van der Waals surface area contributed by atoms with Crippen molar-refractivity contribution in [3.8, 4) is 0 Å². The molecule has 2 atom stereocenters. The van der Waals surface area contributed by atoms with E-state index in [-0.39, 0.29) is 0 Å². The Kier molecular flexibility index (Phi) is 4.77. The Morgan fingerprint density at radius 1 is 1.13 bits per heavy atom. The molecule has 156 valence electrons. The number of nitrogens with zero attached hydrogens (tertiary/aromatic N) is 2. The summed E-state index contributed by atoms with van der Waals surface area (Å²) >= 11 is 0. The molecule has 4 rings (SSSR count). The van der Waals surface area contributed by atoms with E-state index >= 15 is 0 Å². The lowest BCUT2D eigenvalue weighted by Gasteiger charge is -2.22. The van der Waals surface area contributed by atoms with Gasteiger partial charge in [-0.1, -0.05) is 18.2 Å². The lowest BCUT2D eigenvalue weighted by atomic mass is 9.91. The summed E-state index contributed by atoms with van der Waals surface area (Å²) in [5.41, 5.74) is 1.20. The molecule has 1 aromatic carbocycles. The van der Waals surface area contributed by atoms with Crippen LogP contribution in [0.25, 0.3) is 10.9 Å². The number of rotatable bonds is 3. The van der Waals surface area contributed by atoms with E-state index in [0.29, 0.717) is 11.3 Å². The van der Waals surface area contributed by atoms with Gasteiger partial charge in [0.05, 0.1) is 28.4 Å². The van der Waals surface area contributed by atoms with Crippen molar-refractivity contribution in [3.63, 3.8) is 0 Å². The molecule has 0 spiro atoms. The molecule has 3 aromatic rings. The van der Waals surface area contributed by atoms with Crippen molar-refractivity contribution >= 4 is 16.8 Å². The van der Waals surface area contributed by atoms with Gasteiger partial charge in [0.25, 0.3) is 5.91 Å². The van der Waals surface area contributed by atoms with E-state index in [1.165, 1.54) is 6.07 Å². The summed E-state index contributed by atoms with van der Waals surface area (Å²) in [7, 11) is 0. The Morgan fingerprint density at radius 3 is 2.53 bits per heavy atom. The molecule has 5 nitrogen and oxygen atoms in total. The van der Waals surface area contributed by atoms with Crippen molar-refractivity contribution in [2.24, 2.45) is 0 Å². The zero-order valence-electron chi connectivity index (χ0n) is 16.6. The van der Waals surface area contributed by atoms with E-state index in [1.807, 2.05) is 38.1 Å². The Hall–Kier alpha value is -3.00. The molecular formula is C22H20F3N3O2. The Morgan fingerprint density at radius 2 is 1.87 bits per heavy atom. The maximum absolute atomic E-state index is 13.0. The van der Waals surface area contributed by atoms with Gasteiger partial charge in [0.2, 0.25) is 0 Å². The lowest BCUT2D eigenvalue weighted by Crippen LogP contribution is -2.33. The molecule has 1 unspecified atom stereocenters. The van der Waals surface area contributed by atoms with Crippen molar-refractivity contribution < 1.29 is 22.7 Å². The molecule has 1 aliphatic heterocycles. The number of hydrogen-bond donors (Lipinski definition) is 1. The number of carbonyl (C=O) groups is 1. The van der Waals surface area contributed by atoms with Gasteiger partial charge in [-0.2, -0.15) is 13.2 Å². The van der Waals surface area contributed by atoms with Crippen LogP contribution in [0.4, 0.5) is 13.2 Å². The second-order valence-electron chi connectivity index (χ2n) is 7.81. The average Bonchev–Trinajstić information content (AvgIpc) is 2.99. The lowest BCUT2D eigenvalue weighted by molar-refractivity contribution is -0.141. The number of alkyl halides is 3. The molecule has 0 aliphatic carbocycles. The number of hydrogen-bond acceptors (Lipinski definition) is 4. The van der Waals surface area contributed by atoms with Crippen LogP contribution in [0.5, 0.6) is 0 Å².